The summed E-state index contributed by atoms with van der Waals surface area (Å²) >= 11 is 0. The van der Waals surface area contributed by atoms with E-state index in [4.69, 9.17) is 18.9 Å². The monoisotopic (exact) mass is 1140 g/mol. The average molecular weight is 1140 g/mol. The lowest BCUT2D eigenvalue weighted by atomic mass is 10.1. The van der Waals surface area contributed by atoms with Crippen molar-refractivity contribution in [2.45, 2.75) is 193 Å². The van der Waals surface area contributed by atoms with Gasteiger partial charge in [-0.2, -0.15) is 0 Å². The Balaban J connectivity index is 4.35. The van der Waals surface area contributed by atoms with E-state index in [1.165, 1.54) is 0 Å². The number of carbonyl (C=O) groups is 3. The van der Waals surface area contributed by atoms with Gasteiger partial charge >= 0.3 is 17.9 Å². The number of aliphatic carboxylic acids is 1. The van der Waals surface area contributed by atoms with Crippen LogP contribution >= 0.6 is 0 Å². The van der Waals surface area contributed by atoms with Gasteiger partial charge in [-0.3, -0.25) is 9.59 Å². The minimum absolute atomic E-state index is 0.159. The second kappa shape index (κ2) is 61.9. The molecule has 83 heavy (non-hydrogen) atoms. The van der Waals surface area contributed by atoms with Crippen LogP contribution in [0, 0.1) is 0 Å². The Bertz CT molecular complexity index is 2110. The predicted octanol–water partition coefficient (Wildman–Crippen LogP) is 19.2. The van der Waals surface area contributed by atoms with Crippen molar-refractivity contribution in [3.63, 3.8) is 0 Å². The molecule has 0 aromatic heterocycles. The zero-order chi connectivity index (χ0) is 60.5. The van der Waals surface area contributed by atoms with E-state index in [2.05, 4.69) is 208 Å². The van der Waals surface area contributed by atoms with Crippen LogP contribution in [0.5, 0.6) is 0 Å². The smallest absolute Gasteiger partial charge is 0.361 e. The van der Waals surface area contributed by atoms with Gasteiger partial charge in [0.15, 0.2) is 6.10 Å². The quantitative estimate of drug-likeness (QED) is 0.0211. The molecule has 0 aromatic rings. The minimum Gasteiger partial charge on any atom is -0.477 e. The molecule has 0 spiro atoms. The number of hydrogen-bond acceptors (Lipinski definition) is 7. The molecule has 2 unspecified atom stereocenters. The Morgan fingerprint density at radius 1 is 0.361 bits per heavy atom. The lowest BCUT2D eigenvalue weighted by Crippen LogP contribution is -2.40. The van der Waals surface area contributed by atoms with Crippen molar-refractivity contribution in [3.8, 4) is 0 Å². The number of quaternary nitrogens is 1. The summed E-state index contributed by atoms with van der Waals surface area (Å²) in [6.07, 6.45) is 95.1. The number of rotatable bonds is 54. The summed E-state index contributed by atoms with van der Waals surface area (Å²) in [6, 6.07) is 0. The molecule has 460 valence electrons. The minimum atomic E-state index is -1.55. The van der Waals surface area contributed by atoms with Gasteiger partial charge in [-0.25, -0.2) is 4.79 Å². The van der Waals surface area contributed by atoms with Crippen LogP contribution in [0.2, 0.25) is 0 Å². The fourth-order valence-electron chi connectivity index (χ4n) is 7.34. The van der Waals surface area contributed by atoms with Gasteiger partial charge in [0.1, 0.15) is 13.2 Å². The van der Waals surface area contributed by atoms with Gasteiger partial charge in [0.25, 0.3) is 6.29 Å². The largest absolute Gasteiger partial charge is 0.477 e. The molecule has 0 aliphatic heterocycles. The van der Waals surface area contributed by atoms with E-state index < -0.39 is 30.3 Å². The van der Waals surface area contributed by atoms with E-state index in [1.54, 1.807) is 0 Å². The predicted molar refractivity (Wildman–Crippen MR) is 354 cm³/mol. The fourth-order valence-corrected chi connectivity index (χ4v) is 7.34. The maximum Gasteiger partial charge on any atom is 0.361 e. The van der Waals surface area contributed by atoms with Crippen LogP contribution in [0.1, 0.15) is 181 Å². The van der Waals surface area contributed by atoms with Crippen LogP contribution < -0.4 is 0 Å². The van der Waals surface area contributed by atoms with E-state index in [1.807, 2.05) is 33.3 Å². The number of unbranched alkanes of at least 4 members (excludes halogenated alkanes) is 5. The topological polar surface area (TPSA) is 108 Å². The van der Waals surface area contributed by atoms with Crippen LogP contribution in [0.15, 0.2) is 207 Å². The molecule has 0 bridgehead atoms. The number of carboxylic acid groups (broad SMARTS) is 1. The van der Waals surface area contributed by atoms with E-state index in [-0.39, 0.29) is 32.7 Å². The summed E-state index contributed by atoms with van der Waals surface area (Å²) in [5.41, 5.74) is 0. The highest BCUT2D eigenvalue weighted by atomic mass is 16.7. The first-order chi connectivity index (χ1) is 40.6. The van der Waals surface area contributed by atoms with Gasteiger partial charge in [-0.05, 0) is 135 Å². The molecule has 0 radical (unpaired) electrons. The standard InChI is InChI=1S/C74H111NO8/c1-6-8-10-12-14-16-18-20-22-24-26-27-28-29-30-31-32-33-34-35-36-37-38-39-40-41-42-43-44-45-47-49-51-53-55-57-59-61-63-65-72(77)83-70(69-82-74(73(78)79)80-67-66-75(3,4)5)68-81-71(76)64-62-60-58-56-54-52-50-48-46-25-23-21-19-17-15-13-11-9-7-2/h8-11,14-17,20-23,26-27,29-30,32-33,35-36,38-39,41-42,44-46,48-49,51-52,54,58,60,70,74H,6-7,12-13,18-19,24-25,28,31,34,37,40,43,47,50,53,55-57,59,61-69H2,1-5H3/p+1/b10-8-,11-9-,16-14-,17-15-,22-20-,23-21-,27-26-,30-29-,33-32-,36-35-,39-38-,42-41-,45-44-,48-46-,51-49-,54-52-,60-58-. The number of nitrogens with zero attached hydrogens (tertiary/aromatic N) is 1. The van der Waals surface area contributed by atoms with Gasteiger partial charge in [0, 0.05) is 12.8 Å². The molecule has 0 amide bonds. The zero-order valence-corrected chi connectivity index (χ0v) is 52.2. The number of carbonyl (C=O) groups excluding carboxylic acids is 2. The third kappa shape index (κ3) is 63.3. The molecule has 2 atom stereocenters. The van der Waals surface area contributed by atoms with Gasteiger partial charge in [0.05, 0.1) is 34.4 Å². The van der Waals surface area contributed by atoms with Crippen LogP contribution in [-0.4, -0.2) is 87.4 Å². The molecule has 0 saturated carbocycles. The first kappa shape index (κ1) is 76.9. The second-order valence-corrected chi connectivity index (χ2v) is 20.9. The first-order valence-corrected chi connectivity index (χ1v) is 31.2. The first-order valence-electron chi connectivity index (χ1n) is 31.2. The van der Waals surface area contributed by atoms with Crippen LogP contribution in [0.25, 0.3) is 0 Å². The van der Waals surface area contributed by atoms with Gasteiger partial charge in [0.2, 0.25) is 0 Å². The summed E-state index contributed by atoms with van der Waals surface area (Å²) in [7, 11) is 5.92. The molecule has 9 nitrogen and oxygen atoms in total. The third-order valence-corrected chi connectivity index (χ3v) is 12.0. The van der Waals surface area contributed by atoms with Crippen molar-refractivity contribution in [2.75, 3.05) is 47.5 Å². The number of ether oxygens (including phenoxy) is 4. The second-order valence-electron chi connectivity index (χ2n) is 20.9. The van der Waals surface area contributed by atoms with Crippen molar-refractivity contribution in [1.29, 1.82) is 0 Å². The molecular weight excluding hydrogens is 1030 g/mol. The average Bonchev–Trinajstić information content (AvgIpc) is 3.46. The van der Waals surface area contributed by atoms with Gasteiger partial charge in [-0.1, -0.05) is 240 Å². The van der Waals surface area contributed by atoms with E-state index >= 15 is 0 Å². The van der Waals surface area contributed by atoms with Crippen LogP contribution in [-0.2, 0) is 33.3 Å². The summed E-state index contributed by atoms with van der Waals surface area (Å²) in [4.78, 5) is 37.4. The van der Waals surface area contributed by atoms with Gasteiger partial charge in [-0.15, -0.1) is 0 Å². The maximum atomic E-state index is 12.9. The van der Waals surface area contributed by atoms with Crippen LogP contribution in [0.3, 0.4) is 0 Å². The SMILES string of the molecule is CC/C=C\C/C=C\C/C=C\C/C=C\C/C=C\C/C=C\C/C=C\C/C=C\C/C=C\C/C=C\C/C=C\CCCCCCCC(=O)OC(COC(=O)CC/C=C\C/C=C\C/C=C\C/C=C\C/C=C\C/C=C\CC)COC(OCC[N+](C)(C)C)C(=O)O. The molecule has 9 heteroatoms. The normalized spacial score (nSPS) is 14.2. The highest BCUT2D eigenvalue weighted by Crippen LogP contribution is 2.12. The van der Waals surface area contributed by atoms with Crippen molar-refractivity contribution in [2.24, 2.45) is 0 Å². The fraction of sp³-hybridized carbons (Fsp3) is 0.500. The van der Waals surface area contributed by atoms with Crippen molar-refractivity contribution < 1.29 is 42.9 Å². The van der Waals surface area contributed by atoms with Crippen molar-refractivity contribution >= 4 is 17.9 Å². The van der Waals surface area contributed by atoms with E-state index in [0.717, 1.165) is 141 Å². The number of hydrogen-bond donors (Lipinski definition) is 1. The molecule has 0 aliphatic rings. The van der Waals surface area contributed by atoms with E-state index in [9.17, 15) is 19.5 Å². The van der Waals surface area contributed by atoms with Crippen molar-refractivity contribution in [3.05, 3.63) is 207 Å². The Labute approximate surface area is 505 Å². The summed E-state index contributed by atoms with van der Waals surface area (Å²) in [6.45, 7) is 4.49. The molecular formula is C74H112NO8+. The molecule has 0 rings (SSSR count). The number of allylic oxidation sites excluding steroid dienone is 34. The number of likely N-dealkylation sites (N-methyl/N-ethyl adjacent to an activating group) is 1. The Morgan fingerprint density at radius 2 is 0.675 bits per heavy atom. The highest BCUT2D eigenvalue weighted by molar-refractivity contribution is 5.71. The Kier molecular flexibility index (Phi) is 57.4. The lowest BCUT2D eigenvalue weighted by Gasteiger charge is -2.25. The Morgan fingerprint density at radius 3 is 1.01 bits per heavy atom. The van der Waals surface area contributed by atoms with Crippen LogP contribution in [0.4, 0.5) is 0 Å². The number of esters is 2. The zero-order valence-electron chi connectivity index (χ0n) is 52.2. The summed E-state index contributed by atoms with van der Waals surface area (Å²) < 4.78 is 22.7. The summed E-state index contributed by atoms with van der Waals surface area (Å²) in [5, 5.41) is 9.71. The molecule has 0 aromatic carbocycles. The lowest BCUT2D eigenvalue weighted by molar-refractivity contribution is -0.870. The summed E-state index contributed by atoms with van der Waals surface area (Å²) in [5.74, 6) is -2.17. The van der Waals surface area contributed by atoms with Gasteiger partial charge < -0.3 is 28.5 Å². The molecule has 0 heterocycles. The Hall–Kier alpha value is -6.13. The number of carboxylic acids is 1. The highest BCUT2D eigenvalue weighted by Gasteiger charge is 2.25. The maximum absolute atomic E-state index is 12.9. The third-order valence-electron chi connectivity index (χ3n) is 12.0. The molecule has 0 saturated heterocycles. The molecule has 1 N–H and O–H groups in total. The van der Waals surface area contributed by atoms with Crippen molar-refractivity contribution in [1.82, 2.24) is 0 Å². The van der Waals surface area contributed by atoms with E-state index in [0.29, 0.717) is 23.9 Å². The molecule has 0 aliphatic carbocycles. The molecule has 0 fully saturated rings.